The molecule has 0 spiro atoms. The third kappa shape index (κ3) is 4.86. The molecule has 0 atom stereocenters. The highest BCUT2D eigenvalue weighted by Gasteiger charge is 2.41. The lowest BCUT2D eigenvalue weighted by Crippen LogP contribution is -2.21. The van der Waals surface area contributed by atoms with Crippen molar-refractivity contribution in [1.29, 1.82) is 0 Å². The molecule has 0 unspecified atom stereocenters. The van der Waals surface area contributed by atoms with Crippen LogP contribution in [0.1, 0.15) is 16.1 Å². The van der Waals surface area contributed by atoms with Gasteiger partial charge in [-0.3, -0.25) is 10.1 Å². The summed E-state index contributed by atoms with van der Waals surface area (Å²) in [6.45, 7) is 0. The second-order valence-electron chi connectivity index (χ2n) is 6.55. The first kappa shape index (κ1) is 23.6. The molecule has 0 aliphatic carbocycles. The Balaban J connectivity index is 1.68. The van der Waals surface area contributed by atoms with Crippen LogP contribution in [0.4, 0.5) is 33.9 Å². The summed E-state index contributed by atoms with van der Waals surface area (Å²) in [5, 5.41) is 23.9. The van der Waals surface area contributed by atoms with Gasteiger partial charge in [-0.05, 0) is 18.2 Å². The Bertz CT molecular complexity index is 1420. The lowest BCUT2D eigenvalue weighted by atomic mass is 10.2. The van der Waals surface area contributed by atoms with Crippen LogP contribution in [-0.4, -0.2) is 51.8 Å². The Hall–Kier alpha value is -4.60. The van der Waals surface area contributed by atoms with Crippen LogP contribution in [0.25, 0.3) is 11.6 Å². The minimum atomic E-state index is -5.11. The van der Waals surface area contributed by atoms with Gasteiger partial charge in [-0.25, -0.2) is 23.8 Å². The average molecular weight is 512 g/mol. The highest BCUT2D eigenvalue weighted by Crippen LogP contribution is 2.34. The van der Waals surface area contributed by atoms with E-state index < -0.39 is 46.9 Å². The number of nitrogens with zero attached hydrogens (tertiary/aromatic N) is 7. The van der Waals surface area contributed by atoms with E-state index in [-0.39, 0.29) is 21.2 Å². The number of hydrogen-bond donors (Lipinski definition) is 3. The third-order valence-electron chi connectivity index (χ3n) is 4.24. The first-order valence-corrected chi connectivity index (χ1v) is 9.58. The van der Waals surface area contributed by atoms with Gasteiger partial charge >= 0.3 is 12.3 Å². The molecule has 0 aromatic carbocycles. The van der Waals surface area contributed by atoms with Gasteiger partial charge < -0.3 is 10.4 Å². The van der Waals surface area contributed by atoms with Crippen molar-refractivity contribution in [2.75, 3.05) is 10.6 Å². The molecular weight excluding hydrogens is 502 g/mol. The number of rotatable bonds is 5. The van der Waals surface area contributed by atoms with Gasteiger partial charge in [-0.1, -0.05) is 11.6 Å². The number of aromatic nitrogens is 7. The molecule has 0 bridgehead atoms. The fourth-order valence-corrected chi connectivity index (χ4v) is 3.11. The highest BCUT2D eigenvalue weighted by molar-refractivity contribution is 6.32. The monoisotopic (exact) mass is 511 g/mol. The van der Waals surface area contributed by atoms with Crippen LogP contribution >= 0.6 is 11.6 Å². The van der Waals surface area contributed by atoms with Gasteiger partial charge in [0, 0.05) is 0 Å². The topological polar surface area (TPSA) is 153 Å². The number of alkyl halides is 3. The van der Waals surface area contributed by atoms with Gasteiger partial charge in [0.2, 0.25) is 0 Å². The fraction of sp³-hybridized carbons (Fsp3) is 0.0556. The van der Waals surface area contributed by atoms with Crippen molar-refractivity contribution in [1.82, 2.24) is 34.7 Å². The first-order valence-electron chi connectivity index (χ1n) is 9.20. The summed E-state index contributed by atoms with van der Waals surface area (Å²) in [5.41, 5.74) is -2.47. The summed E-state index contributed by atoms with van der Waals surface area (Å²) < 4.78 is 55.7. The van der Waals surface area contributed by atoms with Crippen LogP contribution in [0.2, 0.25) is 5.02 Å². The molecule has 4 rings (SSSR count). The Morgan fingerprint density at radius 3 is 2.40 bits per heavy atom. The summed E-state index contributed by atoms with van der Waals surface area (Å²) in [7, 11) is 0. The summed E-state index contributed by atoms with van der Waals surface area (Å²) in [6, 6.07) is 2.76. The van der Waals surface area contributed by atoms with Crippen LogP contribution in [-0.2, 0) is 6.18 Å². The van der Waals surface area contributed by atoms with E-state index in [9.17, 15) is 27.2 Å². The number of carbonyl (C=O) groups excluding carboxylic acids is 1. The number of amides is 2. The number of nitrogens with one attached hydrogen (secondary N) is 2. The lowest BCUT2D eigenvalue weighted by Gasteiger charge is -2.13. The number of pyridine rings is 2. The quantitative estimate of drug-likeness (QED) is 0.345. The Labute approximate surface area is 196 Å². The van der Waals surface area contributed by atoms with Gasteiger partial charge in [0.1, 0.15) is 0 Å². The molecule has 0 aliphatic rings. The minimum absolute atomic E-state index is 0.000267. The maximum Gasteiger partial charge on any atom is 0.434 e. The van der Waals surface area contributed by atoms with Crippen molar-refractivity contribution in [3.05, 3.63) is 65.1 Å². The van der Waals surface area contributed by atoms with Crippen LogP contribution < -0.4 is 10.6 Å². The number of anilines is 2. The van der Waals surface area contributed by atoms with Gasteiger partial charge in [-0.15, -0.1) is 4.80 Å². The van der Waals surface area contributed by atoms with E-state index in [4.69, 9.17) is 16.7 Å². The summed E-state index contributed by atoms with van der Waals surface area (Å²) in [6.07, 6.45) is -2.28. The van der Waals surface area contributed by atoms with Crippen molar-refractivity contribution >= 4 is 35.1 Å². The Kier molecular flexibility index (Phi) is 6.04. The smallest absolute Gasteiger partial charge is 0.434 e. The zero-order valence-electron chi connectivity index (χ0n) is 16.8. The number of carbonyl (C=O) groups is 2. The maximum absolute atomic E-state index is 13.9. The van der Waals surface area contributed by atoms with E-state index >= 15 is 0 Å². The molecule has 4 heterocycles. The van der Waals surface area contributed by atoms with E-state index in [2.05, 4.69) is 30.6 Å². The molecule has 35 heavy (non-hydrogen) atoms. The second-order valence-corrected chi connectivity index (χ2v) is 6.96. The molecule has 0 radical (unpaired) electrons. The molecular formula is C18H10ClF4N9O3. The van der Waals surface area contributed by atoms with Crippen molar-refractivity contribution < 1.29 is 32.3 Å². The van der Waals surface area contributed by atoms with Crippen LogP contribution in [0, 0.1) is 5.82 Å². The molecule has 17 heteroatoms. The third-order valence-corrected chi connectivity index (χ3v) is 4.52. The number of carboxylic acid groups (broad SMARTS) is 1. The van der Waals surface area contributed by atoms with E-state index in [1.54, 1.807) is 5.32 Å². The largest absolute Gasteiger partial charge is 0.465 e. The summed E-state index contributed by atoms with van der Waals surface area (Å²) in [4.78, 5) is 32.1. The highest BCUT2D eigenvalue weighted by atomic mass is 35.5. The molecule has 0 saturated carbocycles. The van der Waals surface area contributed by atoms with Gasteiger partial charge in [-0.2, -0.15) is 28.5 Å². The molecule has 0 saturated heterocycles. The normalized spacial score (nSPS) is 11.3. The Morgan fingerprint density at radius 2 is 1.77 bits per heavy atom. The van der Waals surface area contributed by atoms with Crippen molar-refractivity contribution in [3.63, 3.8) is 0 Å². The molecule has 12 nitrogen and oxygen atoms in total. The van der Waals surface area contributed by atoms with E-state index in [0.29, 0.717) is 12.3 Å². The standard InChI is InChI=1S/C18H10ClF4N9O3/c19-10-5-8(6-24-15(10)32-25-3-4-26-32)28-16(33)9-7-27-31(13(9)18(21,22)23)12-2-1-11(20)14(29-12)30-17(34)35/h1-7H,(H,28,33)(H,29,30)(H,34,35). The maximum atomic E-state index is 13.9. The molecule has 3 N–H and O–H groups in total. The van der Waals surface area contributed by atoms with Crippen LogP contribution in [0.5, 0.6) is 0 Å². The Morgan fingerprint density at radius 1 is 1.06 bits per heavy atom. The van der Waals surface area contributed by atoms with Crippen LogP contribution in [0.3, 0.4) is 0 Å². The van der Waals surface area contributed by atoms with Gasteiger partial charge in [0.05, 0.1) is 41.1 Å². The number of halogens is 5. The SMILES string of the molecule is O=C(O)Nc1nc(-n2ncc(C(=O)Nc3cnc(-n4nccn4)c(Cl)c3)c2C(F)(F)F)ccc1F. The summed E-state index contributed by atoms with van der Waals surface area (Å²) >= 11 is 6.10. The van der Waals surface area contributed by atoms with Gasteiger partial charge in [0.15, 0.2) is 29.0 Å². The van der Waals surface area contributed by atoms with Crippen molar-refractivity contribution in [2.24, 2.45) is 0 Å². The molecule has 180 valence electrons. The zero-order valence-corrected chi connectivity index (χ0v) is 17.6. The van der Waals surface area contributed by atoms with Crippen molar-refractivity contribution in [3.8, 4) is 11.6 Å². The first-order chi connectivity index (χ1) is 16.5. The molecule has 0 fully saturated rings. The lowest BCUT2D eigenvalue weighted by molar-refractivity contribution is -0.143. The molecule has 4 aromatic heterocycles. The zero-order chi connectivity index (χ0) is 25.3. The number of hydrogen-bond acceptors (Lipinski definition) is 7. The predicted molar refractivity (Wildman–Crippen MR) is 110 cm³/mol. The second kappa shape index (κ2) is 8.98. The van der Waals surface area contributed by atoms with Crippen molar-refractivity contribution in [2.45, 2.75) is 6.18 Å². The minimum Gasteiger partial charge on any atom is -0.465 e. The average Bonchev–Trinajstić information content (AvgIpc) is 3.45. The molecule has 2 amide bonds. The summed E-state index contributed by atoms with van der Waals surface area (Å²) in [5.74, 6) is -3.67. The van der Waals surface area contributed by atoms with E-state index in [1.807, 2.05) is 0 Å². The fourth-order valence-electron chi connectivity index (χ4n) is 2.87. The molecule has 0 aliphatic heterocycles. The van der Waals surface area contributed by atoms with E-state index in [0.717, 1.165) is 17.1 Å². The van der Waals surface area contributed by atoms with Crippen LogP contribution in [0.15, 0.2) is 43.0 Å². The predicted octanol–water partition coefficient (Wildman–Crippen LogP) is 3.40. The molecule has 4 aromatic rings. The van der Waals surface area contributed by atoms with Gasteiger partial charge in [0.25, 0.3) is 5.91 Å². The van der Waals surface area contributed by atoms with E-state index in [1.165, 1.54) is 18.5 Å².